The topological polar surface area (TPSA) is 59.5 Å². The lowest BCUT2D eigenvalue weighted by Crippen LogP contribution is -2.42. The van der Waals surface area contributed by atoms with E-state index in [-0.39, 0.29) is 6.10 Å². The third-order valence-corrected chi connectivity index (χ3v) is 4.39. The highest BCUT2D eigenvalue weighted by molar-refractivity contribution is 7.09. The molecule has 0 aromatic carbocycles. The molecule has 0 saturated carbocycles. The van der Waals surface area contributed by atoms with Crippen LogP contribution in [0.1, 0.15) is 24.8 Å². The normalized spacial score (nSPS) is 27.4. The zero-order valence-corrected chi connectivity index (χ0v) is 12.0. The monoisotopic (exact) mass is 284 g/mol. The molecular weight excluding hydrogens is 264 g/mol. The molecule has 2 aliphatic heterocycles. The average Bonchev–Trinajstić information content (AvgIpc) is 3.06. The van der Waals surface area contributed by atoms with E-state index in [0.717, 1.165) is 30.7 Å². The molecule has 0 radical (unpaired) electrons. The van der Waals surface area contributed by atoms with Crippen LogP contribution < -0.4 is 5.32 Å². The number of rotatable bonds is 5. The summed E-state index contributed by atoms with van der Waals surface area (Å²) in [4.78, 5) is 7.02. The van der Waals surface area contributed by atoms with Gasteiger partial charge in [-0.15, -0.1) is 0 Å². The number of nitrogens with one attached hydrogen (secondary N) is 1. The summed E-state index contributed by atoms with van der Waals surface area (Å²) in [6, 6.07) is 0.620. The Morgan fingerprint density at radius 3 is 3.42 bits per heavy atom. The summed E-state index contributed by atoms with van der Waals surface area (Å²) in [5, 5.41) is 4.05. The number of aromatic nitrogens is 2. The van der Waals surface area contributed by atoms with E-state index in [1.165, 1.54) is 30.9 Å². The van der Waals surface area contributed by atoms with E-state index in [1.54, 1.807) is 7.11 Å². The Balaban J connectivity index is 1.56. The number of fused-ring (bicyclic) bond motifs is 1. The van der Waals surface area contributed by atoms with E-state index < -0.39 is 0 Å². The fraction of sp³-hybridized carbons (Fsp3) is 0.833. The van der Waals surface area contributed by atoms with Gasteiger partial charge in [-0.3, -0.25) is 4.90 Å². The van der Waals surface area contributed by atoms with Gasteiger partial charge in [-0.1, -0.05) is 0 Å². The minimum atomic E-state index is 0.0311. The van der Waals surface area contributed by atoms with Gasteiger partial charge in [0.15, 0.2) is 5.82 Å². The van der Waals surface area contributed by atoms with Crippen LogP contribution in [0.15, 0.2) is 0 Å². The Bertz CT molecular complexity index is 414. The Labute approximate surface area is 117 Å². The summed E-state index contributed by atoms with van der Waals surface area (Å²) in [5.74, 6) is 0.815. The minimum Gasteiger partial charge on any atom is -0.383 e. The predicted molar refractivity (Wildman–Crippen MR) is 73.6 cm³/mol. The first-order chi connectivity index (χ1) is 9.36. The van der Waals surface area contributed by atoms with E-state index in [0.29, 0.717) is 12.6 Å². The van der Waals surface area contributed by atoms with E-state index in [1.807, 2.05) is 0 Å². The summed E-state index contributed by atoms with van der Waals surface area (Å²) in [5.41, 5.74) is 0. The number of hydrogen-bond acceptors (Lipinski definition) is 7. The molecule has 0 spiro atoms. The van der Waals surface area contributed by atoms with Crippen molar-refractivity contribution in [3.8, 4) is 0 Å². The Hall–Kier alpha value is -0.760. The maximum absolute atomic E-state index is 5.90. The van der Waals surface area contributed by atoms with Gasteiger partial charge in [0.1, 0.15) is 6.10 Å². The summed E-state index contributed by atoms with van der Waals surface area (Å²) < 4.78 is 15.3. The molecule has 2 aliphatic rings. The van der Waals surface area contributed by atoms with Crippen LogP contribution in [0.3, 0.4) is 0 Å². The third-order valence-electron chi connectivity index (χ3n) is 3.70. The number of hydrogen-bond donors (Lipinski definition) is 1. The van der Waals surface area contributed by atoms with Gasteiger partial charge < -0.3 is 14.8 Å². The average molecular weight is 284 g/mol. The van der Waals surface area contributed by atoms with Crippen LogP contribution in [0, 0.1) is 0 Å². The van der Waals surface area contributed by atoms with E-state index in [2.05, 4.69) is 19.6 Å². The van der Waals surface area contributed by atoms with Crippen LogP contribution in [-0.2, 0) is 9.47 Å². The highest BCUT2D eigenvalue weighted by Crippen LogP contribution is 2.29. The zero-order valence-electron chi connectivity index (χ0n) is 11.2. The Kier molecular flexibility index (Phi) is 4.27. The van der Waals surface area contributed by atoms with Crippen molar-refractivity contribution >= 4 is 16.7 Å². The molecule has 0 amide bonds. The standard InChI is InChI=1S/C12H20N4O2S/c1-17-6-4-13-12-14-11(15-19-12)10-7-16-5-2-3-9(16)8-18-10/h9-10H,2-8H2,1H3,(H,13,14,15). The molecule has 3 heterocycles. The fourth-order valence-corrected chi connectivity index (χ4v) is 3.31. The molecule has 7 heteroatoms. The molecule has 1 aromatic rings. The van der Waals surface area contributed by atoms with Crippen molar-refractivity contribution in [2.45, 2.75) is 25.0 Å². The summed E-state index contributed by atoms with van der Waals surface area (Å²) in [7, 11) is 1.69. The highest BCUT2D eigenvalue weighted by atomic mass is 32.1. The molecule has 6 nitrogen and oxygen atoms in total. The number of morpholine rings is 1. The molecule has 1 N–H and O–H groups in total. The van der Waals surface area contributed by atoms with Crippen LogP contribution in [0.5, 0.6) is 0 Å². The number of methoxy groups -OCH3 is 1. The summed E-state index contributed by atoms with van der Waals surface area (Å²) in [6.45, 7) is 4.36. The highest BCUT2D eigenvalue weighted by Gasteiger charge is 2.34. The quantitative estimate of drug-likeness (QED) is 0.818. The zero-order chi connectivity index (χ0) is 13.1. The van der Waals surface area contributed by atoms with Crippen molar-refractivity contribution in [3.63, 3.8) is 0 Å². The summed E-state index contributed by atoms with van der Waals surface area (Å²) >= 11 is 1.39. The first kappa shape index (κ1) is 13.2. The van der Waals surface area contributed by atoms with Crippen LogP contribution in [0.2, 0.25) is 0 Å². The molecule has 0 aliphatic carbocycles. The van der Waals surface area contributed by atoms with E-state index in [9.17, 15) is 0 Å². The van der Waals surface area contributed by atoms with Crippen molar-refractivity contribution in [2.24, 2.45) is 0 Å². The van der Waals surface area contributed by atoms with Crippen LogP contribution in [-0.4, -0.2) is 60.3 Å². The smallest absolute Gasteiger partial charge is 0.202 e. The molecule has 106 valence electrons. The maximum atomic E-state index is 5.90. The largest absolute Gasteiger partial charge is 0.383 e. The van der Waals surface area contributed by atoms with Crippen molar-refractivity contribution in [1.29, 1.82) is 0 Å². The fourth-order valence-electron chi connectivity index (χ4n) is 2.67. The second-order valence-electron chi connectivity index (χ2n) is 4.99. The molecule has 2 saturated heterocycles. The first-order valence-electron chi connectivity index (χ1n) is 6.79. The number of nitrogens with zero attached hydrogens (tertiary/aromatic N) is 3. The third kappa shape index (κ3) is 3.05. The van der Waals surface area contributed by atoms with Crippen molar-refractivity contribution in [2.75, 3.05) is 45.3 Å². The van der Waals surface area contributed by atoms with Crippen molar-refractivity contribution in [3.05, 3.63) is 5.82 Å². The Morgan fingerprint density at radius 1 is 1.58 bits per heavy atom. The predicted octanol–water partition coefficient (Wildman–Crippen LogP) is 1.13. The van der Waals surface area contributed by atoms with Crippen LogP contribution in [0.25, 0.3) is 0 Å². The van der Waals surface area contributed by atoms with Crippen molar-refractivity contribution < 1.29 is 9.47 Å². The van der Waals surface area contributed by atoms with Crippen LogP contribution in [0.4, 0.5) is 5.13 Å². The second kappa shape index (κ2) is 6.13. The first-order valence-corrected chi connectivity index (χ1v) is 7.56. The van der Waals surface area contributed by atoms with Gasteiger partial charge in [0.05, 0.1) is 13.2 Å². The molecule has 2 unspecified atom stereocenters. The lowest BCUT2D eigenvalue weighted by Gasteiger charge is -2.33. The molecule has 2 atom stereocenters. The molecular formula is C12H20N4O2S. The second-order valence-corrected chi connectivity index (χ2v) is 5.74. The molecule has 19 heavy (non-hydrogen) atoms. The van der Waals surface area contributed by atoms with E-state index in [4.69, 9.17) is 9.47 Å². The lowest BCUT2D eigenvalue weighted by molar-refractivity contribution is -0.0535. The van der Waals surface area contributed by atoms with Crippen LogP contribution >= 0.6 is 11.5 Å². The minimum absolute atomic E-state index is 0.0311. The Morgan fingerprint density at radius 2 is 2.53 bits per heavy atom. The lowest BCUT2D eigenvalue weighted by atomic mass is 10.2. The van der Waals surface area contributed by atoms with Gasteiger partial charge in [0.25, 0.3) is 0 Å². The molecule has 1 aromatic heterocycles. The maximum Gasteiger partial charge on any atom is 0.202 e. The van der Waals surface area contributed by atoms with Gasteiger partial charge in [-0.2, -0.15) is 4.37 Å². The van der Waals surface area contributed by atoms with Gasteiger partial charge >= 0.3 is 0 Å². The van der Waals surface area contributed by atoms with Gasteiger partial charge in [-0.05, 0) is 19.4 Å². The number of anilines is 1. The van der Waals surface area contributed by atoms with Crippen molar-refractivity contribution in [1.82, 2.24) is 14.3 Å². The number of ether oxygens (including phenoxy) is 2. The van der Waals surface area contributed by atoms with Gasteiger partial charge in [0.2, 0.25) is 5.13 Å². The van der Waals surface area contributed by atoms with E-state index >= 15 is 0 Å². The summed E-state index contributed by atoms with van der Waals surface area (Å²) in [6.07, 6.45) is 2.58. The van der Waals surface area contributed by atoms with Gasteiger partial charge in [-0.25, -0.2) is 4.98 Å². The van der Waals surface area contributed by atoms with Gasteiger partial charge in [0, 0.05) is 37.8 Å². The molecule has 3 rings (SSSR count). The molecule has 0 bridgehead atoms. The molecule has 2 fully saturated rings. The SMILES string of the molecule is COCCNc1nc(C2CN3CCCC3CO2)ns1.